The first-order valence-corrected chi connectivity index (χ1v) is 7.49. The maximum atomic E-state index is 12.8. The second kappa shape index (κ2) is 6.80. The largest absolute Gasteiger partial charge is 0.207 e. The summed E-state index contributed by atoms with van der Waals surface area (Å²) < 4.78 is 12.8. The van der Waals surface area contributed by atoms with E-state index in [-0.39, 0.29) is 11.1 Å². The molecule has 0 saturated heterocycles. The van der Waals surface area contributed by atoms with E-state index in [1.54, 1.807) is 23.9 Å². The molecule has 0 N–H and O–H groups in total. The van der Waals surface area contributed by atoms with Gasteiger partial charge in [-0.15, -0.1) is 11.8 Å². The average Bonchev–Trinajstić information content (AvgIpc) is 2.67. The van der Waals surface area contributed by atoms with E-state index >= 15 is 0 Å². The summed E-state index contributed by atoms with van der Waals surface area (Å²) in [6.07, 6.45) is 7.41. The SMILES string of the molecule is N#CC(Sc1ccc(F)cc1)C1CCCCCC1. The zero-order valence-electron chi connectivity index (χ0n) is 10.4. The van der Waals surface area contributed by atoms with E-state index in [1.165, 1.54) is 37.8 Å². The molecule has 1 aliphatic rings. The van der Waals surface area contributed by atoms with E-state index in [0.29, 0.717) is 5.92 Å². The molecule has 1 aromatic carbocycles. The van der Waals surface area contributed by atoms with Crippen LogP contribution in [0.1, 0.15) is 38.5 Å². The molecule has 1 nitrogen and oxygen atoms in total. The van der Waals surface area contributed by atoms with Crippen molar-refractivity contribution in [1.82, 2.24) is 0 Å². The van der Waals surface area contributed by atoms with Crippen molar-refractivity contribution in [3.05, 3.63) is 30.1 Å². The maximum Gasteiger partial charge on any atom is 0.123 e. The Balaban J connectivity index is 2.00. The van der Waals surface area contributed by atoms with Crippen LogP contribution in [0.2, 0.25) is 0 Å². The molecule has 1 atom stereocenters. The minimum Gasteiger partial charge on any atom is -0.207 e. The van der Waals surface area contributed by atoms with Gasteiger partial charge in [-0.2, -0.15) is 5.26 Å². The fourth-order valence-corrected chi connectivity index (χ4v) is 3.61. The second-order valence-electron chi connectivity index (χ2n) is 4.87. The summed E-state index contributed by atoms with van der Waals surface area (Å²) in [4.78, 5) is 0.993. The van der Waals surface area contributed by atoms with Gasteiger partial charge in [0.25, 0.3) is 0 Å². The Hall–Kier alpha value is -1.01. The predicted molar refractivity (Wildman–Crippen MR) is 72.9 cm³/mol. The minimum absolute atomic E-state index is 0.00793. The Morgan fingerprint density at radius 2 is 1.72 bits per heavy atom. The van der Waals surface area contributed by atoms with Crippen molar-refractivity contribution in [3.8, 4) is 6.07 Å². The third-order valence-electron chi connectivity index (χ3n) is 3.53. The zero-order chi connectivity index (χ0) is 12.8. The van der Waals surface area contributed by atoms with E-state index in [4.69, 9.17) is 0 Å². The molecular formula is C15H18FNS. The molecule has 0 aliphatic heterocycles. The smallest absolute Gasteiger partial charge is 0.123 e. The lowest BCUT2D eigenvalue weighted by molar-refractivity contribution is 0.479. The van der Waals surface area contributed by atoms with Gasteiger partial charge in [-0.3, -0.25) is 0 Å². The number of nitrogens with zero attached hydrogens (tertiary/aromatic N) is 1. The molecule has 18 heavy (non-hydrogen) atoms. The first-order valence-electron chi connectivity index (χ1n) is 6.61. The molecule has 1 saturated carbocycles. The topological polar surface area (TPSA) is 23.8 Å². The molecule has 1 unspecified atom stereocenters. The van der Waals surface area contributed by atoms with E-state index in [9.17, 15) is 9.65 Å². The molecule has 0 aromatic heterocycles. The van der Waals surface area contributed by atoms with Gasteiger partial charge < -0.3 is 0 Å². The molecular weight excluding hydrogens is 245 g/mol. The predicted octanol–water partition coefficient (Wildman–Crippen LogP) is 4.78. The highest BCUT2D eigenvalue weighted by molar-refractivity contribution is 8.00. The Morgan fingerprint density at radius 3 is 2.28 bits per heavy atom. The van der Waals surface area contributed by atoms with Gasteiger partial charge in [-0.05, 0) is 43.0 Å². The summed E-state index contributed by atoms with van der Waals surface area (Å²) in [5.41, 5.74) is 0. The number of nitriles is 1. The van der Waals surface area contributed by atoms with Crippen molar-refractivity contribution in [1.29, 1.82) is 5.26 Å². The molecule has 0 spiro atoms. The molecule has 0 amide bonds. The summed E-state index contributed by atoms with van der Waals surface area (Å²) in [6.45, 7) is 0. The number of benzene rings is 1. The number of hydrogen-bond donors (Lipinski definition) is 0. The van der Waals surface area contributed by atoms with Gasteiger partial charge in [0.1, 0.15) is 5.82 Å². The first kappa shape index (κ1) is 13.4. The minimum atomic E-state index is -0.220. The van der Waals surface area contributed by atoms with Crippen molar-refractivity contribution >= 4 is 11.8 Å². The Morgan fingerprint density at radius 1 is 1.11 bits per heavy atom. The monoisotopic (exact) mass is 263 g/mol. The lowest BCUT2D eigenvalue weighted by Crippen LogP contribution is -2.14. The number of halogens is 1. The molecule has 0 bridgehead atoms. The van der Waals surface area contributed by atoms with Crippen LogP contribution in [0.15, 0.2) is 29.2 Å². The molecule has 0 heterocycles. The van der Waals surface area contributed by atoms with Crippen molar-refractivity contribution in [2.75, 3.05) is 0 Å². The fraction of sp³-hybridized carbons (Fsp3) is 0.533. The van der Waals surface area contributed by atoms with Crippen molar-refractivity contribution in [2.45, 2.75) is 48.7 Å². The highest BCUT2D eigenvalue weighted by Gasteiger charge is 2.23. The van der Waals surface area contributed by atoms with Crippen molar-refractivity contribution < 1.29 is 4.39 Å². The Kier molecular flexibility index (Phi) is 5.07. The van der Waals surface area contributed by atoms with Gasteiger partial charge in [0.15, 0.2) is 0 Å². The van der Waals surface area contributed by atoms with Gasteiger partial charge in [0.05, 0.1) is 11.3 Å². The molecule has 0 radical (unpaired) electrons. The van der Waals surface area contributed by atoms with E-state index in [1.807, 2.05) is 0 Å². The number of rotatable bonds is 3. The molecule has 3 heteroatoms. The van der Waals surface area contributed by atoms with E-state index in [0.717, 1.165) is 17.7 Å². The van der Waals surface area contributed by atoms with Crippen LogP contribution in [-0.2, 0) is 0 Å². The van der Waals surface area contributed by atoms with Gasteiger partial charge in [0, 0.05) is 4.90 Å². The summed E-state index contributed by atoms with van der Waals surface area (Å²) in [6, 6.07) is 8.89. The zero-order valence-corrected chi connectivity index (χ0v) is 11.3. The van der Waals surface area contributed by atoms with Gasteiger partial charge >= 0.3 is 0 Å². The normalized spacial score (nSPS) is 18.9. The molecule has 96 valence electrons. The van der Waals surface area contributed by atoms with Crippen LogP contribution in [0.4, 0.5) is 4.39 Å². The third kappa shape index (κ3) is 3.74. The summed E-state index contributed by atoms with van der Waals surface area (Å²) in [7, 11) is 0. The summed E-state index contributed by atoms with van der Waals surface area (Å²) >= 11 is 1.59. The number of thioether (sulfide) groups is 1. The lowest BCUT2D eigenvalue weighted by atomic mass is 9.97. The van der Waals surface area contributed by atoms with Crippen LogP contribution >= 0.6 is 11.8 Å². The van der Waals surface area contributed by atoms with Crippen LogP contribution in [0.5, 0.6) is 0 Å². The van der Waals surface area contributed by atoms with Crippen LogP contribution in [-0.4, -0.2) is 5.25 Å². The summed E-state index contributed by atoms with van der Waals surface area (Å²) in [5.74, 6) is 0.273. The number of hydrogen-bond acceptors (Lipinski definition) is 2. The first-order chi connectivity index (χ1) is 8.79. The molecule has 1 fully saturated rings. The highest BCUT2D eigenvalue weighted by atomic mass is 32.2. The standard InChI is InChI=1S/C15H18FNS/c16-13-7-9-14(10-8-13)18-15(11-17)12-5-3-1-2-4-6-12/h7-10,12,15H,1-6H2. The quantitative estimate of drug-likeness (QED) is 0.579. The van der Waals surface area contributed by atoms with Crippen LogP contribution in [0.25, 0.3) is 0 Å². The molecule has 2 rings (SSSR count). The molecule has 1 aliphatic carbocycles. The maximum absolute atomic E-state index is 12.8. The van der Waals surface area contributed by atoms with E-state index < -0.39 is 0 Å². The summed E-state index contributed by atoms with van der Waals surface area (Å²) in [5, 5.41) is 9.35. The van der Waals surface area contributed by atoms with Crippen LogP contribution < -0.4 is 0 Å². The van der Waals surface area contributed by atoms with Crippen LogP contribution in [0.3, 0.4) is 0 Å². The molecule has 1 aromatic rings. The average molecular weight is 263 g/mol. The van der Waals surface area contributed by atoms with Crippen molar-refractivity contribution in [2.24, 2.45) is 5.92 Å². The lowest BCUT2D eigenvalue weighted by Gasteiger charge is -2.19. The third-order valence-corrected chi connectivity index (χ3v) is 4.82. The fourth-order valence-electron chi connectivity index (χ4n) is 2.50. The van der Waals surface area contributed by atoms with Gasteiger partial charge in [-0.25, -0.2) is 4.39 Å². The van der Waals surface area contributed by atoms with Gasteiger partial charge in [-0.1, -0.05) is 25.7 Å². The second-order valence-corrected chi connectivity index (χ2v) is 6.09. The highest BCUT2D eigenvalue weighted by Crippen LogP contribution is 2.35. The Bertz CT molecular complexity index is 401. The van der Waals surface area contributed by atoms with Crippen molar-refractivity contribution in [3.63, 3.8) is 0 Å². The van der Waals surface area contributed by atoms with Crippen LogP contribution in [0, 0.1) is 23.1 Å². The van der Waals surface area contributed by atoms with E-state index in [2.05, 4.69) is 6.07 Å². The van der Waals surface area contributed by atoms with Gasteiger partial charge in [0.2, 0.25) is 0 Å². The Labute approximate surface area is 112 Å².